The molecule has 3 N–H and O–H groups in total. The first-order valence-corrected chi connectivity index (χ1v) is 21.2. The number of fused-ring (bicyclic) bond motifs is 3. The molecule has 3 aliphatic heterocycles. The first-order valence-electron chi connectivity index (χ1n) is 19.6. The van der Waals surface area contributed by atoms with Gasteiger partial charge in [0.15, 0.2) is 0 Å². The Labute approximate surface area is 307 Å². The van der Waals surface area contributed by atoms with Crippen molar-refractivity contribution in [1.82, 2.24) is 25.2 Å². The Balaban J connectivity index is 1.15. The van der Waals surface area contributed by atoms with Crippen LogP contribution in [0.1, 0.15) is 114 Å². The molecule has 4 fully saturated rings. The minimum atomic E-state index is -3.85. The second-order valence-electron chi connectivity index (χ2n) is 16.2. The van der Waals surface area contributed by atoms with Gasteiger partial charge >= 0.3 is 6.09 Å². The van der Waals surface area contributed by atoms with Gasteiger partial charge in [0.25, 0.3) is 5.91 Å². The van der Waals surface area contributed by atoms with E-state index in [9.17, 15) is 27.6 Å². The number of ether oxygens (including phenoxy) is 1. The molecule has 12 nitrogen and oxygen atoms in total. The molecule has 7 rings (SSSR count). The van der Waals surface area contributed by atoms with Crippen molar-refractivity contribution in [3.05, 3.63) is 47.5 Å². The highest BCUT2D eigenvalue weighted by molar-refractivity contribution is 7.91. The van der Waals surface area contributed by atoms with E-state index in [-0.39, 0.29) is 37.3 Å². The molecule has 6 atom stereocenters. The maximum Gasteiger partial charge on any atom is 0.410 e. The maximum atomic E-state index is 14.8. The Hall–Kier alpha value is -3.45. The topological polar surface area (TPSA) is 154 Å². The van der Waals surface area contributed by atoms with E-state index >= 15 is 0 Å². The summed E-state index contributed by atoms with van der Waals surface area (Å²) in [6.45, 7) is 6.89. The predicted octanol–water partition coefficient (Wildman–Crippen LogP) is 4.21. The molecule has 1 aromatic rings. The summed E-state index contributed by atoms with van der Waals surface area (Å²) in [5.41, 5.74) is 2.09. The highest BCUT2D eigenvalue weighted by Gasteiger charge is 2.62. The van der Waals surface area contributed by atoms with Gasteiger partial charge in [0.2, 0.25) is 21.8 Å². The molecule has 4 bridgehead atoms. The zero-order valence-corrected chi connectivity index (χ0v) is 31.3. The van der Waals surface area contributed by atoms with Crippen LogP contribution in [-0.2, 0) is 48.7 Å². The molecule has 0 spiro atoms. The fraction of sp³-hybridized carbons (Fsp3) is 0.692. The van der Waals surface area contributed by atoms with Gasteiger partial charge in [-0.15, -0.1) is 6.58 Å². The van der Waals surface area contributed by atoms with Gasteiger partial charge in [0.1, 0.15) is 17.7 Å². The normalized spacial score (nSPS) is 31.9. The van der Waals surface area contributed by atoms with Gasteiger partial charge in [0.05, 0.1) is 17.8 Å². The average molecular weight is 738 g/mol. The van der Waals surface area contributed by atoms with Crippen LogP contribution in [0.3, 0.4) is 0 Å². The summed E-state index contributed by atoms with van der Waals surface area (Å²) in [5.74, 6) is -1.90. The molecule has 3 aliphatic carbocycles. The minimum Gasteiger partial charge on any atom is -0.444 e. The standard InChI is InChI=1S/C39H55N5O7S/c1-3-29-21-39(29,37(47)42-52(49,50)31-18-19-31)41-35(45)33-20-30-23-44(33)36(46)34(27-14-9-6-10-15-27)40-25(2)12-7-4-5-8-13-26-16-11-17-28-22-43(24-32(26)28)38(48)51-30/h3,11,16-17,25,27,29-31,33-34,40H,1,4-10,12-15,18-24H2,2H3,(H,41,45)(H,42,47)/t25-,29-,30-,33+,34-,39-/m1/s1. The molecule has 4 amide bonds. The number of amides is 4. The van der Waals surface area contributed by atoms with Crippen LogP contribution in [0.25, 0.3) is 0 Å². The Kier molecular flexibility index (Phi) is 10.7. The molecule has 0 radical (unpaired) electrons. The molecule has 6 aliphatic rings. The first kappa shape index (κ1) is 36.9. The lowest BCUT2D eigenvalue weighted by atomic mass is 9.82. The quantitative estimate of drug-likeness (QED) is 0.352. The molecule has 52 heavy (non-hydrogen) atoms. The molecule has 0 unspecified atom stereocenters. The smallest absolute Gasteiger partial charge is 0.410 e. The molecule has 1 aromatic carbocycles. The summed E-state index contributed by atoms with van der Waals surface area (Å²) in [5, 5.41) is 5.95. The molecule has 1 saturated heterocycles. The highest BCUT2D eigenvalue weighted by atomic mass is 32.2. The summed E-state index contributed by atoms with van der Waals surface area (Å²) in [4.78, 5) is 59.6. The minimum absolute atomic E-state index is 0.0497. The van der Waals surface area contributed by atoms with Crippen molar-refractivity contribution in [2.24, 2.45) is 11.8 Å². The van der Waals surface area contributed by atoms with Gasteiger partial charge in [-0.1, -0.05) is 62.8 Å². The van der Waals surface area contributed by atoms with E-state index in [4.69, 9.17) is 4.74 Å². The molecular weight excluding hydrogens is 683 g/mol. The number of nitrogens with one attached hydrogen (secondary N) is 3. The van der Waals surface area contributed by atoms with E-state index in [0.717, 1.165) is 76.2 Å². The lowest BCUT2D eigenvalue weighted by molar-refractivity contribution is -0.142. The van der Waals surface area contributed by atoms with Gasteiger partial charge in [0, 0.05) is 31.5 Å². The Morgan fingerprint density at radius 3 is 2.42 bits per heavy atom. The number of carbonyl (C=O) groups excluding carboxylic acids is 4. The third kappa shape index (κ3) is 7.76. The van der Waals surface area contributed by atoms with Crippen LogP contribution >= 0.6 is 0 Å². The van der Waals surface area contributed by atoms with Gasteiger partial charge in [-0.25, -0.2) is 13.2 Å². The van der Waals surface area contributed by atoms with Crippen molar-refractivity contribution in [2.45, 2.75) is 151 Å². The van der Waals surface area contributed by atoms with Crippen LogP contribution in [0.5, 0.6) is 0 Å². The van der Waals surface area contributed by atoms with Gasteiger partial charge < -0.3 is 20.3 Å². The van der Waals surface area contributed by atoms with Crippen molar-refractivity contribution in [3.8, 4) is 0 Å². The molecule has 0 aromatic heterocycles. The van der Waals surface area contributed by atoms with Crippen molar-refractivity contribution >= 4 is 33.8 Å². The lowest BCUT2D eigenvalue weighted by Gasteiger charge is -2.36. The summed E-state index contributed by atoms with van der Waals surface area (Å²) < 4.78 is 33.7. The monoisotopic (exact) mass is 737 g/mol. The summed E-state index contributed by atoms with van der Waals surface area (Å²) in [6, 6.07) is 4.84. The number of aryl methyl sites for hydroxylation is 1. The van der Waals surface area contributed by atoms with Crippen molar-refractivity contribution < 1.29 is 32.3 Å². The summed E-state index contributed by atoms with van der Waals surface area (Å²) in [7, 11) is -3.85. The second-order valence-corrected chi connectivity index (χ2v) is 18.2. The maximum absolute atomic E-state index is 14.8. The van der Waals surface area contributed by atoms with Gasteiger partial charge in [-0.05, 0) is 80.9 Å². The van der Waals surface area contributed by atoms with Crippen LogP contribution in [0.4, 0.5) is 4.79 Å². The largest absolute Gasteiger partial charge is 0.444 e. The first-order chi connectivity index (χ1) is 25.0. The number of nitrogens with zero attached hydrogens (tertiary/aromatic N) is 2. The van der Waals surface area contributed by atoms with E-state index in [0.29, 0.717) is 25.9 Å². The molecule has 3 saturated carbocycles. The van der Waals surface area contributed by atoms with E-state index in [1.165, 1.54) is 11.1 Å². The van der Waals surface area contributed by atoms with Crippen molar-refractivity contribution in [1.29, 1.82) is 0 Å². The summed E-state index contributed by atoms with van der Waals surface area (Å²) >= 11 is 0. The highest BCUT2D eigenvalue weighted by Crippen LogP contribution is 2.45. The van der Waals surface area contributed by atoms with Crippen LogP contribution < -0.4 is 15.4 Å². The number of hydrogen-bond donors (Lipinski definition) is 3. The fourth-order valence-electron chi connectivity index (χ4n) is 9.03. The predicted molar refractivity (Wildman–Crippen MR) is 195 cm³/mol. The SMILES string of the molecule is C=C[C@@H]1C[C@]1(NC(=O)[C@@H]1C[C@@H]2CN1C(=O)[C@@H](C1CCCCC1)N[C@H](C)CCCCCCc1cccc3c1CN(C3)C(=O)O2)C(=O)NS(=O)(=O)C1CC1. The average Bonchev–Trinajstić information content (AvgIpc) is 4.02. The summed E-state index contributed by atoms with van der Waals surface area (Å²) in [6.07, 6.45) is 12.9. The van der Waals surface area contributed by atoms with Crippen molar-refractivity contribution in [3.63, 3.8) is 0 Å². The van der Waals surface area contributed by atoms with Crippen LogP contribution in [-0.4, -0.2) is 83.6 Å². The third-order valence-corrected chi connectivity index (χ3v) is 14.2. The van der Waals surface area contributed by atoms with E-state index < -0.39 is 62.8 Å². The molecule has 284 valence electrons. The molecule has 3 heterocycles. The Morgan fingerprint density at radius 1 is 0.981 bits per heavy atom. The third-order valence-electron chi connectivity index (χ3n) is 12.4. The Morgan fingerprint density at radius 2 is 1.69 bits per heavy atom. The number of carbonyl (C=O) groups is 4. The van der Waals surface area contributed by atoms with E-state index in [1.807, 2.05) is 0 Å². The van der Waals surface area contributed by atoms with Gasteiger partial charge in [-0.3, -0.25) is 24.0 Å². The van der Waals surface area contributed by atoms with Crippen LogP contribution in [0.2, 0.25) is 0 Å². The van der Waals surface area contributed by atoms with Crippen molar-refractivity contribution in [2.75, 3.05) is 6.54 Å². The van der Waals surface area contributed by atoms with E-state index in [2.05, 4.69) is 47.1 Å². The van der Waals surface area contributed by atoms with E-state index in [1.54, 1.807) is 15.9 Å². The number of hydrogen-bond acceptors (Lipinski definition) is 8. The Bertz CT molecular complexity index is 1670. The zero-order chi connectivity index (χ0) is 36.6. The number of sulfonamides is 1. The van der Waals surface area contributed by atoms with Crippen LogP contribution in [0.15, 0.2) is 30.9 Å². The zero-order valence-electron chi connectivity index (χ0n) is 30.4. The van der Waals surface area contributed by atoms with Crippen LogP contribution in [0, 0.1) is 11.8 Å². The molecule has 13 heteroatoms. The second kappa shape index (κ2) is 15.1. The molecular formula is C39H55N5O7S. The number of benzene rings is 1. The van der Waals surface area contributed by atoms with Gasteiger partial charge in [-0.2, -0.15) is 0 Å². The number of rotatable bonds is 7. The fourth-order valence-corrected chi connectivity index (χ4v) is 10.4. The lowest BCUT2D eigenvalue weighted by Crippen LogP contribution is -2.59.